The standard InChI is InChI=1S/C5H5BrN2O2/c1-2-7-4(9)3(6)5(10)8-2/h1H3,(H2,7,8,9,10). The van der Waals surface area contributed by atoms with E-state index in [-0.39, 0.29) is 16.2 Å². The molecule has 0 bridgehead atoms. The number of hydrogen-bond acceptors (Lipinski definition) is 4. The Morgan fingerprint density at radius 2 is 1.60 bits per heavy atom. The van der Waals surface area contributed by atoms with Gasteiger partial charge in [-0.2, -0.15) is 9.97 Å². The first kappa shape index (κ1) is 7.27. The SMILES string of the molecule is Cc1nc(O)c(Br)c(O)n1. The molecule has 0 saturated carbocycles. The molecule has 0 aromatic carbocycles. The Labute approximate surface area is 65.7 Å². The number of rotatable bonds is 0. The van der Waals surface area contributed by atoms with Gasteiger partial charge >= 0.3 is 0 Å². The molecule has 54 valence electrons. The zero-order chi connectivity index (χ0) is 7.72. The second kappa shape index (κ2) is 2.42. The highest BCUT2D eigenvalue weighted by molar-refractivity contribution is 9.10. The van der Waals surface area contributed by atoms with Crippen LogP contribution in [0.1, 0.15) is 5.82 Å². The van der Waals surface area contributed by atoms with Crippen molar-refractivity contribution in [2.24, 2.45) is 0 Å². The van der Waals surface area contributed by atoms with Crippen molar-refractivity contribution in [1.29, 1.82) is 0 Å². The van der Waals surface area contributed by atoms with Gasteiger partial charge in [-0.1, -0.05) is 0 Å². The molecule has 1 aromatic heterocycles. The summed E-state index contributed by atoms with van der Waals surface area (Å²) < 4.78 is 0.123. The summed E-state index contributed by atoms with van der Waals surface area (Å²) >= 11 is 2.89. The summed E-state index contributed by atoms with van der Waals surface area (Å²) in [6.45, 7) is 1.58. The fourth-order valence-electron chi connectivity index (χ4n) is 0.530. The molecule has 0 aliphatic rings. The topological polar surface area (TPSA) is 66.2 Å². The summed E-state index contributed by atoms with van der Waals surface area (Å²) in [4.78, 5) is 7.14. The quantitative estimate of drug-likeness (QED) is 0.661. The van der Waals surface area contributed by atoms with E-state index in [1.165, 1.54) is 0 Å². The molecular weight excluding hydrogens is 200 g/mol. The zero-order valence-corrected chi connectivity index (χ0v) is 6.75. The van der Waals surface area contributed by atoms with Gasteiger partial charge in [-0.3, -0.25) is 0 Å². The molecule has 1 heterocycles. The summed E-state index contributed by atoms with van der Waals surface area (Å²) in [7, 11) is 0. The van der Waals surface area contributed by atoms with Crippen molar-refractivity contribution in [3.63, 3.8) is 0 Å². The van der Waals surface area contributed by atoms with E-state index >= 15 is 0 Å². The number of aromatic nitrogens is 2. The molecular formula is C5H5BrN2O2. The van der Waals surface area contributed by atoms with Crippen LogP contribution < -0.4 is 0 Å². The Hall–Kier alpha value is -0.840. The second-order valence-corrected chi connectivity index (χ2v) is 2.53. The van der Waals surface area contributed by atoms with Gasteiger partial charge in [-0.05, 0) is 22.9 Å². The lowest BCUT2D eigenvalue weighted by molar-refractivity contribution is 0.412. The average molecular weight is 205 g/mol. The highest BCUT2D eigenvalue weighted by atomic mass is 79.9. The lowest BCUT2D eigenvalue weighted by atomic mass is 10.5. The van der Waals surface area contributed by atoms with Crippen LogP contribution in [-0.2, 0) is 0 Å². The number of nitrogens with zero attached hydrogens (tertiary/aromatic N) is 2. The second-order valence-electron chi connectivity index (χ2n) is 1.73. The van der Waals surface area contributed by atoms with Crippen LogP contribution in [0, 0.1) is 6.92 Å². The fraction of sp³-hybridized carbons (Fsp3) is 0.200. The average Bonchev–Trinajstić information content (AvgIpc) is 1.82. The predicted molar refractivity (Wildman–Crippen MR) is 37.8 cm³/mol. The van der Waals surface area contributed by atoms with Gasteiger partial charge in [0, 0.05) is 0 Å². The third-order valence-electron chi connectivity index (χ3n) is 0.928. The van der Waals surface area contributed by atoms with Crippen molar-refractivity contribution < 1.29 is 10.2 Å². The Kier molecular flexibility index (Phi) is 1.76. The summed E-state index contributed by atoms with van der Waals surface area (Å²) in [6, 6.07) is 0. The maximum atomic E-state index is 8.92. The van der Waals surface area contributed by atoms with Gasteiger partial charge in [0.05, 0.1) is 0 Å². The van der Waals surface area contributed by atoms with Crippen molar-refractivity contribution in [2.45, 2.75) is 6.92 Å². The maximum absolute atomic E-state index is 8.92. The number of aromatic hydroxyl groups is 2. The van der Waals surface area contributed by atoms with E-state index < -0.39 is 0 Å². The van der Waals surface area contributed by atoms with Crippen LogP contribution in [-0.4, -0.2) is 20.2 Å². The molecule has 0 radical (unpaired) electrons. The van der Waals surface area contributed by atoms with Crippen LogP contribution >= 0.6 is 15.9 Å². The summed E-state index contributed by atoms with van der Waals surface area (Å²) in [5, 5.41) is 17.8. The third kappa shape index (κ3) is 1.18. The van der Waals surface area contributed by atoms with E-state index in [0.29, 0.717) is 5.82 Å². The molecule has 0 aliphatic carbocycles. The Morgan fingerprint density at radius 1 is 1.20 bits per heavy atom. The van der Waals surface area contributed by atoms with Gasteiger partial charge in [-0.15, -0.1) is 0 Å². The van der Waals surface area contributed by atoms with E-state index in [9.17, 15) is 0 Å². The minimum atomic E-state index is -0.245. The van der Waals surface area contributed by atoms with Gasteiger partial charge in [0.2, 0.25) is 11.8 Å². The van der Waals surface area contributed by atoms with Gasteiger partial charge in [0.15, 0.2) is 0 Å². The molecule has 0 atom stereocenters. The molecule has 1 rings (SSSR count). The zero-order valence-electron chi connectivity index (χ0n) is 5.17. The summed E-state index contributed by atoms with van der Waals surface area (Å²) in [5.41, 5.74) is 0. The first-order valence-electron chi connectivity index (χ1n) is 2.53. The van der Waals surface area contributed by atoms with Crippen LogP contribution in [0.5, 0.6) is 11.8 Å². The van der Waals surface area contributed by atoms with Gasteiger partial charge in [-0.25, -0.2) is 0 Å². The van der Waals surface area contributed by atoms with Crippen molar-refractivity contribution in [1.82, 2.24) is 9.97 Å². The molecule has 5 heteroatoms. The van der Waals surface area contributed by atoms with E-state index in [2.05, 4.69) is 25.9 Å². The molecule has 0 unspecified atom stereocenters. The maximum Gasteiger partial charge on any atom is 0.232 e. The highest BCUT2D eigenvalue weighted by Gasteiger charge is 2.06. The van der Waals surface area contributed by atoms with Crippen LogP contribution in [0.2, 0.25) is 0 Å². The first-order valence-corrected chi connectivity index (χ1v) is 3.32. The minimum absolute atomic E-state index is 0.123. The molecule has 0 amide bonds. The molecule has 0 saturated heterocycles. The monoisotopic (exact) mass is 204 g/mol. The summed E-state index contributed by atoms with van der Waals surface area (Å²) in [5.74, 6) is -0.159. The van der Waals surface area contributed by atoms with Crippen LogP contribution in [0.15, 0.2) is 4.47 Å². The molecule has 4 nitrogen and oxygen atoms in total. The normalized spacial score (nSPS) is 9.80. The van der Waals surface area contributed by atoms with Crippen LogP contribution in [0.3, 0.4) is 0 Å². The van der Waals surface area contributed by atoms with Gasteiger partial charge in [0.25, 0.3) is 0 Å². The molecule has 1 aromatic rings. The Balaban J connectivity index is 3.31. The third-order valence-corrected chi connectivity index (χ3v) is 1.64. The van der Waals surface area contributed by atoms with Gasteiger partial charge < -0.3 is 10.2 Å². The molecule has 10 heavy (non-hydrogen) atoms. The van der Waals surface area contributed by atoms with Crippen LogP contribution in [0.4, 0.5) is 0 Å². The largest absolute Gasteiger partial charge is 0.492 e. The lowest BCUT2D eigenvalue weighted by Crippen LogP contribution is -1.87. The number of hydrogen-bond donors (Lipinski definition) is 2. The van der Waals surface area contributed by atoms with Crippen molar-refractivity contribution in [3.05, 3.63) is 10.3 Å². The van der Waals surface area contributed by atoms with E-state index in [4.69, 9.17) is 10.2 Å². The molecule has 0 spiro atoms. The van der Waals surface area contributed by atoms with E-state index in [1.807, 2.05) is 0 Å². The number of halogens is 1. The van der Waals surface area contributed by atoms with Gasteiger partial charge in [0.1, 0.15) is 10.3 Å². The number of aryl methyl sites for hydroxylation is 1. The Bertz CT molecular complexity index is 241. The highest BCUT2D eigenvalue weighted by Crippen LogP contribution is 2.28. The Morgan fingerprint density at radius 3 is 2.00 bits per heavy atom. The predicted octanol–water partition coefficient (Wildman–Crippen LogP) is 0.959. The first-order chi connectivity index (χ1) is 4.61. The van der Waals surface area contributed by atoms with Crippen LogP contribution in [0.25, 0.3) is 0 Å². The van der Waals surface area contributed by atoms with E-state index in [0.717, 1.165) is 0 Å². The van der Waals surface area contributed by atoms with E-state index in [1.54, 1.807) is 6.92 Å². The van der Waals surface area contributed by atoms with Crippen molar-refractivity contribution in [3.8, 4) is 11.8 Å². The molecule has 2 N–H and O–H groups in total. The molecule has 0 fully saturated rings. The summed E-state index contributed by atoms with van der Waals surface area (Å²) in [6.07, 6.45) is 0. The fourth-order valence-corrected chi connectivity index (χ4v) is 0.707. The van der Waals surface area contributed by atoms with Crippen molar-refractivity contribution in [2.75, 3.05) is 0 Å². The smallest absolute Gasteiger partial charge is 0.232 e. The minimum Gasteiger partial charge on any atom is -0.492 e. The van der Waals surface area contributed by atoms with Crippen molar-refractivity contribution >= 4 is 15.9 Å². The lowest BCUT2D eigenvalue weighted by Gasteiger charge is -1.98. The molecule has 0 aliphatic heterocycles.